The summed E-state index contributed by atoms with van der Waals surface area (Å²) in [7, 11) is 0. The van der Waals surface area contributed by atoms with Crippen LogP contribution in [0.5, 0.6) is 0 Å². The van der Waals surface area contributed by atoms with E-state index in [1.54, 1.807) is 0 Å². The summed E-state index contributed by atoms with van der Waals surface area (Å²) < 4.78 is 0. The highest BCUT2D eigenvalue weighted by molar-refractivity contribution is 5.68. The third kappa shape index (κ3) is 6.02. The molecule has 0 aliphatic rings. The van der Waals surface area contributed by atoms with Crippen LogP contribution in [0.3, 0.4) is 0 Å². The third-order valence-corrected chi connectivity index (χ3v) is 4.31. The summed E-state index contributed by atoms with van der Waals surface area (Å²) in [6, 6.07) is 31.2. The van der Waals surface area contributed by atoms with E-state index in [2.05, 4.69) is 0 Å². The van der Waals surface area contributed by atoms with Crippen LogP contribution in [0.15, 0.2) is 97.1 Å². The molecule has 0 aromatic heterocycles. The molecule has 0 radical (unpaired) electrons. The highest BCUT2D eigenvalue weighted by Gasteiger charge is 1.97. The van der Waals surface area contributed by atoms with E-state index in [0.29, 0.717) is 0 Å². The van der Waals surface area contributed by atoms with Gasteiger partial charge in [0.25, 0.3) is 0 Å². The summed E-state index contributed by atoms with van der Waals surface area (Å²) in [5, 5.41) is 0. The van der Waals surface area contributed by atoms with Crippen molar-refractivity contribution >= 4 is 22.7 Å². The molecule has 5 nitrogen and oxygen atoms in total. The monoisotopic (exact) mass is 386 g/mol. The number of benzene rings is 4. The van der Waals surface area contributed by atoms with E-state index in [-0.39, 0.29) is 5.48 Å². The number of anilines is 4. The molecule has 0 amide bonds. The molecule has 0 heterocycles. The molecular weight excluding hydrogens is 360 g/mol. The van der Waals surface area contributed by atoms with Crippen molar-refractivity contribution in [2.45, 2.75) is 0 Å². The molecule has 0 aliphatic carbocycles. The van der Waals surface area contributed by atoms with Gasteiger partial charge in [0.2, 0.25) is 0 Å². The second-order valence-corrected chi connectivity index (χ2v) is 6.49. The fraction of sp³-hybridized carbons (Fsp3) is 0. The van der Waals surface area contributed by atoms with Gasteiger partial charge in [-0.3, -0.25) is 0 Å². The van der Waals surface area contributed by atoms with Crippen molar-refractivity contribution in [3.05, 3.63) is 97.1 Å². The van der Waals surface area contributed by atoms with Gasteiger partial charge in [0.1, 0.15) is 0 Å². The van der Waals surface area contributed by atoms with E-state index in [1.165, 1.54) is 0 Å². The Morgan fingerprint density at radius 3 is 0.552 bits per heavy atom. The zero-order valence-electron chi connectivity index (χ0n) is 16.0. The van der Waals surface area contributed by atoms with Gasteiger partial charge >= 0.3 is 0 Å². The Labute approximate surface area is 170 Å². The van der Waals surface area contributed by atoms with Crippen molar-refractivity contribution in [2.24, 2.45) is 0 Å². The van der Waals surface area contributed by atoms with Gasteiger partial charge in [-0.15, -0.1) is 0 Å². The predicted molar refractivity (Wildman–Crippen MR) is 125 cm³/mol. The van der Waals surface area contributed by atoms with Crippen LogP contribution < -0.4 is 22.9 Å². The molecule has 0 spiro atoms. The quantitative estimate of drug-likeness (QED) is 0.384. The Morgan fingerprint density at radius 1 is 0.276 bits per heavy atom. The van der Waals surface area contributed by atoms with E-state index in [9.17, 15) is 0 Å². The first-order valence-electron chi connectivity index (χ1n) is 8.94. The van der Waals surface area contributed by atoms with E-state index in [1.807, 2.05) is 97.1 Å². The van der Waals surface area contributed by atoms with Gasteiger partial charge in [-0.05, 0) is 70.8 Å². The van der Waals surface area contributed by atoms with Crippen molar-refractivity contribution in [2.75, 3.05) is 22.9 Å². The second kappa shape index (κ2) is 9.82. The number of nitrogen functional groups attached to an aromatic ring is 4. The molecule has 10 N–H and O–H groups in total. The third-order valence-electron chi connectivity index (χ3n) is 4.31. The second-order valence-electron chi connectivity index (χ2n) is 6.49. The van der Waals surface area contributed by atoms with Crippen molar-refractivity contribution in [3.8, 4) is 22.3 Å². The first-order chi connectivity index (χ1) is 13.5. The first-order valence-corrected chi connectivity index (χ1v) is 8.94. The lowest BCUT2D eigenvalue weighted by Gasteiger charge is -2.02. The average Bonchev–Trinajstić information content (AvgIpc) is 2.71. The van der Waals surface area contributed by atoms with Crippen molar-refractivity contribution in [1.82, 2.24) is 0 Å². The van der Waals surface area contributed by atoms with Crippen LogP contribution in [-0.2, 0) is 0 Å². The van der Waals surface area contributed by atoms with Crippen LogP contribution in [0.2, 0.25) is 0 Å². The van der Waals surface area contributed by atoms with Gasteiger partial charge in [0.15, 0.2) is 0 Å². The van der Waals surface area contributed by atoms with Crippen LogP contribution >= 0.6 is 0 Å². The topological polar surface area (TPSA) is 136 Å². The molecule has 0 atom stereocenters. The molecule has 0 bridgehead atoms. The summed E-state index contributed by atoms with van der Waals surface area (Å²) in [4.78, 5) is 0. The van der Waals surface area contributed by atoms with Gasteiger partial charge in [-0.25, -0.2) is 0 Å². The van der Waals surface area contributed by atoms with Gasteiger partial charge in [0.05, 0.1) is 0 Å². The smallest absolute Gasteiger partial charge is 0.0314 e. The van der Waals surface area contributed by atoms with Crippen LogP contribution in [0, 0.1) is 0 Å². The highest BCUT2D eigenvalue weighted by Crippen LogP contribution is 2.22. The molecule has 5 heteroatoms. The minimum absolute atomic E-state index is 0. The predicted octanol–water partition coefficient (Wildman–Crippen LogP) is 4.21. The van der Waals surface area contributed by atoms with Gasteiger partial charge < -0.3 is 28.4 Å². The normalized spacial score (nSPS) is 9.66. The van der Waals surface area contributed by atoms with Crippen LogP contribution in [0.1, 0.15) is 0 Å². The zero-order valence-corrected chi connectivity index (χ0v) is 16.0. The number of nitrogens with two attached hydrogens (primary N) is 4. The van der Waals surface area contributed by atoms with Crippen LogP contribution in [-0.4, -0.2) is 5.48 Å². The minimum Gasteiger partial charge on any atom is -0.412 e. The molecule has 148 valence electrons. The van der Waals surface area contributed by atoms with Gasteiger partial charge in [-0.1, -0.05) is 48.5 Å². The Balaban J connectivity index is 0.000000200. The minimum atomic E-state index is 0. The molecule has 4 aromatic rings. The Morgan fingerprint density at radius 2 is 0.414 bits per heavy atom. The molecule has 29 heavy (non-hydrogen) atoms. The zero-order chi connectivity index (χ0) is 19.9. The highest BCUT2D eigenvalue weighted by atomic mass is 16.0. The fourth-order valence-corrected chi connectivity index (χ4v) is 2.70. The van der Waals surface area contributed by atoms with Crippen molar-refractivity contribution in [1.29, 1.82) is 0 Å². The molecule has 0 saturated carbocycles. The summed E-state index contributed by atoms with van der Waals surface area (Å²) >= 11 is 0. The number of rotatable bonds is 2. The lowest BCUT2D eigenvalue weighted by molar-refractivity contribution is 0.824. The molecule has 4 aromatic carbocycles. The summed E-state index contributed by atoms with van der Waals surface area (Å²) in [6.07, 6.45) is 0. The Hall–Kier alpha value is -3.96. The summed E-state index contributed by atoms with van der Waals surface area (Å²) in [6.45, 7) is 0. The molecule has 0 aliphatic heterocycles. The molecule has 0 unspecified atom stereocenters. The standard InChI is InChI=1S/2C12H12N2.H2O/c2*13-11-5-1-9(2-6-11)10-3-7-12(14)8-4-10;/h2*1-8H,13-14H2;1H2. The SMILES string of the molecule is Nc1ccc(-c2ccc(N)cc2)cc1.Nc1ccc(-c2ccc(N)cc2)cc1.O. The average molecular weight is 386 g/mol. The van der Waals surface area contributed by atoms with Crippen molar-refractivity contribution < 1.29 is 5.48 Å². The van der Waals surface area contributed by atoms with E-state index in [0.717, 1.165) is 45.0 Å². The maximum atomic E-state index is 5.61. The first kappa shape index (κ1) is 21.3. The van der Waals surface area contributed by atoms with E-state index in [4.69, 9.17) is 22.9 Å². The lowest BCUT2D eigenvalue weighted by atomic mass is 10.1. The van der Waals surface area contributed by atoms with Crippen LogP contribution in [0.4, 0.5) is 22.7 Å². The fourth-order valence-electron chi connectivity index (χ4n) is 2.70. The molecule has 0 saturated heterocycles. The van der Waals surface area contributed by atoms with E-state index >= 15 is 0 Å². The van der Waals surface area contributed by atoms with Gasteiger partial charge in [0, 0.05) is 22.7 Å². The molecular formula is C24H26N4O. The lowest BCUT2D eigenvalue weighted by Crippen LogP contribution is -1.85. The van der Waals surface area contributed by atoms with Crippen LogP contribution in [0.25, 0.3) is 22.3 Å². The Bertz CT molecular complexity index is 836. The largest absolute Gasteiger partial charge is 0.412 e. The number of hydrogen-bond acceptors (Lipinski definition) is 4. The molecule has 4 rings (SSSR count). The van der Waals surface area contributed by atoms with E-state index < -0.39 is 0 Å². The number of hydrogen-bond donors (Lipinski definition) is 4. The maximum Gasteiger partial charge on any atom is 0.0314 e. The maximum absolute atomic E-state index is 5.61. The van der Waals surface area contributed by atoms with Crippen molar-refractivity contribution in [3.63, 3.8) is 0 Å². The summed E-state index contributed by atoms with van der Waals surface area (Å²) in [5.41, 5.74) is 30.2. The Kier molecular flexibility index (Phi) is 7.23. The van der Waals surface area contributed by atoms with Gasteiger partial charge in [-0.2, -0.15) is 0 Å². The summed E-state index contributed by atoms with van der Waals surface area (Å²) in [5.74, 6) is 0. The molecule has 0 fully saturated rings.